The molecule has 4 aromatic rings. The Morgan fingerprint density at radius 2 is 1.58 bits per heavy atom. The van der Waals surface area contributed by atoms with E-state index in [1.807, 2.05) is 31.2 Å². The molecule has 4 aromatic heterocycles. The van der Waals surface area contributed by atoms with Crippen LogP contribution in [0.25, 0.3) is 11.0 Å². The molecule has 0 N–H and O–H groups in total. The lowest BCUT2D eigenvalue weighted by Gasteiger charge is -2.30. The molecule has 8 heteroatoms. The summed E-state index contributed by atoms with van der Waals surface area (Å²) in [6.45, 7) is 2.26. The highest BCUT2D eigenvalue weighted by atomic mass is 19.4. The van der Waals surface area contributed by atoms with Crippen LogP contribution >= 0.6 is 0 Å². The van der Waals surface area contributed by atoms with E-state index < -0.39 is 11.7 Å². The lowest BCUT2D eigenvalue weighted by Crippen LogP contribution is -2.29. The van der Waals surface area contributed by atoms with Crippen molar-refractivity contribution >= 4 is 11.0 Å². The standard InChI is InChI=1S/C30H29F3N4O/c1-18-4-5-22-15-24(20-8-10-21(11-9-20)25-16-34-14-12-26(25)30(31,32)33)29(38)37(28(22)36-18)17-27-23(19-6-7-19)3-2-13-35-27/h2-5,12-16,19-21H,6-11,17H2,1H3/t20-,21-. The predicted molar refractivity (Wildman–Crippen MR) is 139 cm³/mol. The van der Waals surface area contributed by atoms with E-state index >= 15 is 0 Å². The molecule has 2 saturated carbocycles. The second kappa shape index (κ2) is 9.64. The minimum atomic E-state index is -4.41. The first kappa shape index (κ1) is 24.8. The van der Waals surface area contributed by atoms with Crippen molar-refractivity contribution in [3.05, 3.63) is 99.0 Å². The molecule has 0 atom stereocenters. The molecule has 2 aliphatic carbocycles. The molecule has 2 fully saturated rings. The summed E-state index contributed by atoms with van der Waals surface area (Å²) in [5.41, 5.74) is 3.87. The molecule has 5 nitrogen and oxygen atoms in total. The van der Waals surface area contributed by atoms with Crippen molar-refractivity contribution in [3.8, 4) is 0 Å². The fraction of sp³-hybridized carbons (Fsp3) is 0.400. The van der Waals surface area contributed by atoms with Gasteiger partial charge in [-0.25, -0.2) is 4.98 Å². The monoisotopic (exact) mass is 518 g/mol. The first-order valence-electron chi connectivity index (χ1n) is 13.3. The van der Waals surface area contributed by atoms with Gasteiger partial charge < -0.3 is 0 Å². The molecule has 0 bridgehead atoms. The van der Waals surface area contributed by atoms with Gasteiger partial charge in [-0.3, -0.25) is 19.3 Å². The quantitative estimate of drug-likeness (QED) is 0.289. The lowest BCUT2D eigenvalue weighted by molar-refractivity contribution is -0.138. The van der Waals surface area contributed by atoms with Crippen LogP contribution in [0.1, 0.15) is 89.9 Å². The van der Waals surface area contributed by atoms with Gasteiger partial charge in [0.1, 0.15) is 5.65 Å². The zero-order valence-electron chi connectivity index (χ0n) is 21.2. The highest BCUT2D eigenvalue weighted by Gasteiger charge is 2.37. The summed E-state index contributed by atoms with van der Waals surface area (Å²) in [5.74, 6) is 0.259. The van der Waals surface area contributed by atoms with Gasteiger partial charge in [0.2, 0.25) is 0 Å². The third-order valence-electron chi connectivity index (χ3n) is 8.12. The fourth-order valence-corrected chi connectivity index (χ4v) is 6.01. The summed E-state index contributed by atoms with van der Waals surface area (Å²) in [5, 5.41) is 0.892. The third-order valence-corrected chi connectivity index (χ3v) is 8.12. The van der Waals surface area contributed by atoms with Gasteiger partial charge in [0.05, 0.1) is 17.8 Å². The van der Waals surface area contributed by atoms with E-state index in [1.54, 1.807) is 10.8 Å². The Hall–Kier alpha value is -3.55. The number of aromatic nitrogens is 4. The van der Waals surface area contributed by atoms with Crippen molar-refractivity contribution < 1.29 is 13.2 Å². The Bertz CT molecular complexity index is 1550. The lowest BCUT2D eigenvalue weighted by atomic mass is 9.75. The number of halogens is 3. The van der Waals surface area contributed by atoms with Crippen LogP contribution in [-0.2, 0) is 12.7 Å². The van der Waals surface area contributed by atoms with Crippen molar-refractivity contribution in [3.63, 3.8) is 0 Å². The van der Waals surface area contributed by atoms with Gasteiger partial charge in [-0.15, -0.1) is 0 Å². The Balaban J connectivity index is 1.34. The molecular formula is C30H29F3N4O. The summed E-state index contributed by atoms with van der Waals surface area (Å²) in [7, 11) is 0. The zero-order chi connectivity index (χ0) is 26.4. The van der Waals surface area contributed by atoms with Gasteiger partial charge in [-0.05, 0) is 105 Å². The van der Waals surface area contributed by atoms with Gasteiger partial charge in [0.15, 0.2) is 0 Å². The summed E-state index contributed by atoms with van der Waals surface area (Å²) < 4.78 is 42.5. The van der Waals surface area contributed by atoms with Crippen molar-refractivity contribution in [2.24, 2.45) is 0 Å². The molecule has 0 saturated heterocycles. The highest BCUT2D eigenvalue weighted by Crippen LogP contribution is 2.44. The van der Waals surface area contributed by atoms with Gasteiger partial charge in [0.25, 0.3) is 5.56 Å². The summed E-state index contributed by atoms with van der Waals surface area (Å²) in [6.07, 6.45) is 4.65. The molecule has 4 heterocycles. The Morgan fingerprint density at radius 1 is 0.895 bits per heavy atom. The molecular weight excluding hydrogens is 489 g/mol. The molecule has 0 radical (unpaired) electrons. The molecule has 6 rings (SSSR count). The Kier molecular flexibility index (Phi) is 6.28. The highest BCUT2D eigenvalue weighted by molar-refractivity contribution is 5.76. The van der Waals surface area contributed by atoms with Crippen LogP contribution in [0.3, 0.4) is 0 Å². The van der Waals surface area contributed by atoms with Crippen molar-refractivity contribution in [2.75, 3.05) is 0 Å². The van der Waals surface area contributed by atoms with Gasteiger partial charge in [-0.2, -0.15) is 13.2 Å². The molecule has 2 aliphatic rings. The molecule has 0 aliphatic heterocycles. The minimum absolute atomic E-state index is 0.0200. The van der Waals surface area contributed by atoms with Crippen LogP contribution < -0.4 is 5.56 Å². The number of fused-ring (bicyclic) bond motifs is 1. The van der Waals surface area contributed by atoms with Gasteiger partial charge >= 0.3 is 6.18 Å². The van der Waals surface area contributed by atoms with Crippen LogP contribution in [0.2, 0.25) is 0 Å². The third kappa shape index (κ3) is 4.72. The average molecular weight is 519 g/mol. The Morgan fingerprint density at radius 3 is 2.29 bits per heavy atom. The second-order valence-corrected chi connectivity index (χ2v) is 10.7. The molecule has 196 valence electrons. The van der Waals surface area contributed by atoms with E-state index in [9.17, 15) is 18.0 Å². The second-order valence-electron chi connectivity index (χ2n) is 10.7. The van der Waals surface area contributed by atoms with Gasteiger partial charge in [0, 0.05) is 35.2 Å². The van der Waals surface area contributed by atoms with E-state index in [-0.39, 0.29) is 23.0 Å². The molecule has 0 unspecified atom stereocenters. The molecule has 0 amide bonds. The number of nitrogens with zero attached hydrogens (tertiary/aromatic N) is 4. The van der Waals surface area contributed by atoms with Crippen LogP contribution in [-0.4, -0.2) is 19.5 Å². The van der Waals surface area contributed by atoms with E-state index in [0.717, 1.165) is 35.7 Å². The van der Waals surface area contributed by atoms with Crippen molar-refractivity contribution in [1.82, 2.24) is 19.5 Å². The van der Waals surface area contributed by atoms with E-state index in [4.69, 9.17) is 4.98 Å². The first-order valence-corrected chi connectivity index (χ1v) is 13.3. The smallest absolute Gasteiger partial charge is 0.286 e. The Labute approximate surface area is 218 Å². The molecule has 0 spiro atoms. The van der Waals surface area contributed by atoms with Crippen LogP contribution in [0, 0.1) is 6.92 Å². The summed E-state index contributed by atoms with van der Waals surface area (Å²) >= 11 is 0. The predicted octanol–water partition coefficient (Wildman–Crippen LogP) is 6.88. The SMILES string of the molecule is Cc1ccc2cc([C@H]3CC[C@H](c4cnccc4C(F)(F)F)CC3)c(=O)n(Cc3ncccc3C3CC3)c2n1. The van der Waals surface area contributed by atoms with Crippen LogP contribution in [0.5, 0.6) is 0 Å². The topological polar surface area (TPSA) is 60.7 Å². The van der Waals surface area contributed by atoms with E-state index in [1.165, 1.54) is 18.0 Å². The van der Waals surface area contributed by atoms with Crippen molar-refractivity contribution in [2.45, 2.75) is 75.9 Å². The number of alkyl halides is 3. The van der Waals surface area contributed by atoms with E-state index in [0.29, 0.717) is 49.4 Å². The number of rotatable bonds is 5. The number of hydrogen-bond donors (Lipinski definition) is 0. The zero-order valence-corrected chi connectivity index (χ0v) is 21.2. The number of aryl methyl sites for hydroxylation is 1. The average Bonchev–Trinajstić information content (AvgIpc) is 3.76. The largest absolute Gasteiger partial charge is 0.416 e. The normalized spacial score (nSPS) is 20.1. The summed E-state index contributed by atoms with van der Waals surface area (Å²) in [6, 6.07) is 11.0. The van der Waals surface area contributed by atoms with E-state index in [2.05, 4.69) is 16.0 Å². The van der Waals surface area contributed by atoms with Crippen molar-refractivity contribution in [1.29, 1.82) is 0 Å². The maximum atomic E-state index is 14.0. The molecule has 0 aromatic carbocycles. The van der Waals surface area contributed by atoms with Crippen LogP contribution in [0.4, 0.5) is 13.2 Å². The summed E-state index contributed by atoms with van der Waals surface area (Å²) in [4.78, 5) is 27.3. The minimum Gasteiger partial charge on any atom is -0.286 e. The molecule has 38 heavy (non-hydrogen) atoms. The van der Waals surface area contributed by atoms with Crippen LogP contribution in [0.15, 0.2) is 59.8 Å². The maximum absolute atomic E-state index is 14.0. The van der Waals surface area contributed by atoms with Gasteiger partial charge in [-0.1, -0.05) is 6.07 Å². The first-order chi connectivity index (χ1) is 18.3. The maximum Gasteiger partial charge on any atom is 0.416 e. The number of hydrogen-bond acceptors (Lipinski definition) is 4. The fourth-order valence-electron chi connectivity index (χ4n) is 6.01. The number of pyridine rings is 4.